The van der Waals surface area contributed by atoms with Crippen LogP contribution in [-0.2, 0) is 19.1 Å². The molecule has 20 heteroatoms. The number of anilines is 3. The smallest absolute Gasteiger partial charge is 0.255 e. The zero-order valence-electron chi connectivity index (χ0n) is 40.4. The number of ether oxygens (including phenoxy) is 1. The van der Waals surface area contributed by atoms with E-state index >= 15 is 0 Å². The van der Waals surface area contributed by atoms with E-state index in [2.05, 4.69) is 52.7 Å². The van der Waals surface area contributed by atoms with Crippen molar-refractivity contribution in [2.24, 2.45) is 11.1 Å². The molecule has 0 radical (unpaired) electrons. The first kappa shape index (κ1) is 50.3. The van der Waals surface area contributed by atoms with Gasteiger partial charge in [-0.15, -0.1) is 11.3 Å². The highest BCUT2D eigenvalue weighted by atomic mass is 32.2. The molecule has 0 saturated carbocycles. The number of aliphatic hydroxyl groups excluding tert-OH is 1. The van der Waals surface area contributed by atoms with Gasteiger partial charge in [-0.25, -0.2) is 24.9 Å². The van der Waals surface area contributed by atoms with E-state index in [9.17, 15) is 24.3 Å². The molecule has 6 heterocycles. The Morgan fingerprint density at radius 1 is 0.929 bits per heavy atom. The Balaban J connectivity index is 0.773. The molecule has 70 heavy (non-hydrogen) atoms. The van der Waals surface area contributed by atoms with Gasteiger partial charge in [-0.05, 0) is 74.8 Å². The maximum absolute atomic E-state index is 14.2. The van der Waals surface area contributed by atoms with Gasteiger partial charge >= 0.3 is 0 Å². The summed E-state index contributed by atoms with van der Waals surface area (Å²) in [6, 6.07) is 13.7. The van der Waals surface area contributed by atoms with E-state index in [1.54, 1.807) is 23.7 Å². The van der Waals surface area contributed by atoms with E-state index in [0.717, 1.165) is 63.4 Å². The van der Waals surface area contributed by atoms with Crippen LogP contribution < -0.4 is 31.5 Å². The molecule has 0 spiro atoms. The number of amides is 4. The molecule has 4 atom stereocenters. The van der Waals surface area contributed by atoms with Crippen LogP contribution in [0.3, 0.4) is 0 Å². The Bertz CT molecular complexity index is 2630. The Labute approximate surface area is 416 Å². The van der Waals surface area contributed by atoms with Crippen molar-refractivity contribution in [1.82, 2.24) is 40.5 Å². The monoisotopic (exact) mass is 990 g/mol. The lowest BCUT2D eigenvalue weighted by molar-refractivity contribution is -0.137. The number of nitrogens with two attached hydrogens (primary N) is 1. The number of benzene rings is 2. The third-order valence-corrected chi connectivity index (χ3v) is 14.8. The maximum Gasteiger partial charge on any atom is 0.255 e. The van der Waals surface area contributed by atoms with Crippen molar-refractivity contribution in [1.29, 1.82) is 0 Å². The van der Waals surface area contributed by atoms with Crippen molar-refractivity contribution in [3.63, 3.8) is 0 Å². The number of β-amino-alcohol motifs (C(OH)–C–C–N with tert-alkyl or cyclic N) is 1. The fourth-order valence-corrected chi connectivity index (χ4v) is 10.3. The quantitative estimate of drug-likeness (QED) is 0.0835. The molecular weight excluding hydrogens is 929 g/mol. The predicted octanol–water partition coefficient (Wildman–Crippen LogP) is 5.39. The molecule has 3 saturated heterocycles. The fourth-order valence-electron chi connectivity index (χ4n) is 8.71. The zero-order valence-corrected chi connectivity index (χ0v) is 42.1. The number of likely N-dealkylation sites (tertiary alicyclic amines) is 1. The lowest BCUT2D eigenvalue weighted by Crippen LogP contribution is -2.56. The van der Waals surface area contributed by atoms with Gasteiger partial charge in [0.05, 0.1) is 52.3 Å². The number of aliphatic hydroxyl groups is 1. The average molecular weight is 991 g/mol. The van der Waals surface area contributed by atoms with Gasteiger partial charge in [0, 0.05) is 73.7 Å². The molecule has 370 valence electrons. The van der Waals surface area contributed by atoms with Crippen LogP contribution in [0.2, 0.25) is 0 Å². The van der Waals surface area contributed by atoms with Crippen LogP contribution in [0, 0.1) is 12.3 Å². The Morgan fingerprint density at radius 2 is 1.66 bits per heavy atom. The average Bonchev–Trinajstić information content (AvgIpc) is 3.91. The number of carbonyl (C=O) groups is 4. The molecule has 8 rings (SSSR count). The number of hydrogen-bond acceptors (Lipinski definition) is 16. The molecule has 6 N–H and O–H groups in total. The van der Waals surface area contributed by atoms with Gasteiger partial charge in [0.15, 0.2) is 0 Å². The molecule has 3 aromatic heterocycles. The molecule has 0 bridgehead atoms. The number of carbonyl (C=O) groups excluding carboxylic acids is 4. The number of rotatable bonds is 16. The van der Waals surface area contributed by atoms with Crippen LogP contribution in [0.15, 0.2) is 88.8 Å². The topological polar surface area (TPSA) is 234 Å². The Kier molecular flexibility index (Phi) is 15.5. The predicted molar refractivity (Wildman–Crippen MR) is 270 cm³/mol. The van der Waals surface area contributed by atoms with E-state index in [-0.39, 0.29) is 67.0 Å². The summed E-state index contributed by atoms with van der Waals surface area (Å²) in [5.74, 6) is -0.216. The first-order valence-electron chi connectivity index (χ1n) is 23.6. The highest BCUT2D eigenvalue weighted by Crippen LogP contribution is 2.32. The second kappa shape index (κ2) is 21.5. The number of piperidine rings is 1. The van der Waals surface area contributed by atoms with Gasteiger partial charge in [-0.3, -0.25) is 19.2 Å². The van der Waals surface area contributed by atoms with Gasteiger partial charge < -0.3 is 46.2 Å². The van der Waals surface area contributed by atoms with E-state index in [1.165, 1.54) is 29.1 Å². The molecular formula is C50H62N12O6S2. The summed E-state index contributed by atoms with van der Waals surface area (Å²) in [5, 5.41) is 20.3. The SMILES string of the molecule is Cc1ncsc1-c1ccc([C@H](C)NC(=O)C[C@@H]2C[C@@H](O)CN2C(=O)[C@@H](NC(=O)c2cnc(N3CC(OCC(=O)Nc4cccc(Sc5cnc(N6CCC(C)(N)CC6)cn5)c4)C3)nc2)C(C)(C)C)cc1. The molecule has 3 aliphatic heterocycles. The van der Waals surface area contributed by atoms with E-state index in [4.69, 9.17) is 10.5 Å². The minimum absolute atomic E-state index is 0.00209. The fraction of sp³-hybridized carbons (Fsp3) is 0.460. The van der Waals surface area contributed by atoms with Gasteiger partial charge in [0.2, 0.25) is 23.7 Å². The van der Waals surface area contributed by atoms with Crippen molar-refractivity contribution in [2.75, 3.05) is 54.4 Å². The lowest BCUT2D eigenvalue weighted by Gasteiger charge is -2.38. The minimum Gasteiger partial charge on any atom is -0.391 e. The summed E-state index contributed by atoms with van der Waals surface area (Å²) in [4.78, 5) is 84.1. The normalized spacial score (nSPS) is 19.0. The zero-order chi connectivity index (χ0) is 49.7. The first-order valence-corrected chi connectivity index (χ1v) is 25.3. The highest BCUT2D eigenvalue weighted by Gasteiger charge is 2.43. The molecule has 18 nitrogen and oxygen atoms in total. The summed E-state index contributed by atoms with van der Waals surface area (Å²) < 4.78 is 5.87. The van der Waals surface area contributed by atoms with Gasteiger partial charge in [-0.1, -0.05) is 62.9 Å². The summed E-state index contributed by atoms with van der Waals surface area (Å²) in [5.41, 5.74) is 11.0. The number of aromatic nitrogens is 5. The minimum atomic E-state index is -0.976. The van der Waals surface area contributed by atoms with Crippen LogP contribution in [0.4, 0.5) is 17.5 Å². The van der Waals surface area contributed by atoms with Crippen LogP contribution in [0.25, 0.3) is 10.4 Å². The van der Waals surface area contributed by atoms with Gasteiger partial charge in [0.1, 0.15) is 23.5 Å². The lowest BCUT2D eigenvalue weighted by atomic mass is 9.85. The molecule has 5 aromatic rings. The van der Waals surface area contributed by atoms with E-state index in [1.807, 2.05) is 93.6 Å². The Morgan fingerprint density at radius 3 is 2.31 bits per heavy atom. The van der Waals surface area contributed by atoms with Gasteiger partial charge in [0.25, 0.3) is 5.91 Å². The largest absolute Gasteiger partial charge is 0.391 e. The summed E-state index contributed by atoms with van der Waals surface area (Å²) in [7, 11) is 0. The van der Waals surface area contributed by atoms with Crippen molar-refractivity contribution in [3.8, 4) is 10.4 Å². The molecule has 3 aliphatic rings. The van der Waals surface area contributed by atoms with Crippen LogP contribution in [0.1, 0.15) is 88.0 Å². The number of nitrogens with one attached hydrogen (secondary N) is 3. The second-order valence-corrected chi connectivity index (χ2v) is 21.8. The van der Waals surface area contributed by atoms with Crippen molar-refractivity contribution in [3.05, 3.63) is 95.6 Å². The van der Waals surface area contributed by atoms with Crippen molar-refractivity contribution in [2.45, 2.75) is 113 Å². The van der Waals surface area contributed by atoms with Crippen molar-refractivity contribution < 1.29 is 29.0 Å². The number of aryl methyl sites for hydroxylation is 1. The van der Waals surface area contributed by atoms with E-state index in [0.29, 0.717) is 24.7 Å². The molecule has 3 fully saturated rings. The number of hydrogen-bond donors (Lipinski definition) is 5. The van der Waals surface area contributed by atoms with Crippen LogP contribution in [-0.4, -0.2) is 128 Å². The molecule has 4 amide bonds. The van der Waals surface area contributed by atoms with Gasteiger partial charge in [-0.2, -0.15) is 0 Å². The highest BCUT2D eigenvalue weighted by molar-refractivity contribution is 7.99. The third kappa shape index (κ3) is 12.6. The summed E-state index contributed by atoms with van der Waals surface area (Å²) >= 11 is 3.04. The number of nitrogens with zero attached hydrogens (tertiary/aromatic N) is 8. The van der Waals surface area contributed by atoms with Crippen molar-refractivity contribution >= 4 is 64.2 Å². The number of thiazole rings is 1. The molecule has 2 aromatic carbocycles. The third-order valence-electron chi connectivity index (χ3n) is 12.9. The van der Waals surface area contributed by atoms with Crippen LogP contribution >= 0.6 is 23.1 Å². The van der Waals surface area contributed by atoms with E-state index < -0.39 is 29.5 Å². The summed E-state index contributed by atoms with van der Waals surface area (Å²) in [6.45, 7) is 14.0. The second-order valence-electron chi connectivity index (χ2n) is 19.8. The maximum atomic E-state index is 14.2. The Hall–Kier alpha value is -6.06. The summed E-state index contributed by atoms with van der Waals surface area (Å²) in [6.07, 6.45) is 7.39. The standard InChI is InChI=1S/C50H62N12O6S2/c1-30(32-10-12-33(13-11-32)44-31(2)56-29-69-44)57-41(64)20-36-19-37(63)25-62(36)47(67)45(49(3,4)5)59-46(66)34-21-54-48(55-22-34)61-26-38(27-61)68-28-42(65)58-35-8-7-9-39(18-35)70-43-24-52-40(23-53-43)60-16-14-50(6,51)15-17-60/h7-13,18,21-24,29-30,36-38,45,63H,14-17,19-20,25-28,51H2,1-6H3,(H,57,64)(H,58,65)(H,59,66)/t30-,36-,37+,45+/m0/s1. The molecule has 0 aliphatic carbocycles. The van der Waals surface area contributed by atoms with Crippen LogP contribution in [0.5, 0.6) is 0 Å². The first-order chi connectivity index (χ1) is 33.4. The molecule has 0 unspecified atom stereocenters.